The van der Waals surface area contributed by atoms with Gasteiger partial charge in [0, 0.05) is 11.8 Å². The average Bonchev–Trinajstić information content (AvgIpc) is 2.16. The van der Waals surface area contributed by atoms with Crippen LogP contribution in [0.25, 0.3) is 0 Å². The van der Waals surface area contributed by atoms with Crippen LogP contribution in [0, 0.1) is 0 Å². The van der Waals surface area contributed by atoms with E-state index in [0.717, 1.165) is 30.5 Å². The van der Waals surface area contributed by atoms with E-state index in [4.69, 9.17) is 0 Å². The number of rotatable bonds is 3. The Morgan fingerprint density at radius 3 is 2.50 bits per heavy atom. The number of halogens is 2. The standard InChI is InChI=1S/C9H7F2NO3S/c1-16(14,15)8-4-2-3-7(5-8)9(10,11)12-6-13/h2-5H,1H3. The van der Waals surface area contributed by atoms with Gasteiger partial charge < -0.3 is 0 Å². The van der Waals surface area contributed by atoms with Gasteiger partial charge in [-0.3, -0.25) is 0 Å². The molecular formula is C9H7F2NO3S. The molecule has 86 valence electrons. The van der Waals surface area contributed by atoms with Crippen LogP contribution >= 0.6 is 0 Å². The molecule has 0 bridgehead atoms. The van der Waals surface area contributed by atoms with Crippen LogP contribution in [0.5, 0.6) is 0 Å². The topological polar surface area (TPSA) is 63.6 Å². The van der Waals surface area contributed by atoms with E-state index >= 15 is 0 Å². The second kappa shape index (κ2) is 4.11. The van der Waals surface area contributed by atoms with Crippen molar-refractivity contribution in [3.05, 3.63) is 29.8 Å². The van der Waals surface area contributed by atoms with E-state index in [9.17, 15) is 22.0 Å². The Kier molecular flexibility index (Phi) is 3.21. The van der Waals surface area contributed by atoms with E-state index in [2.05, 4.69) is 4.99 Å². The van der Waals surface area contributed by atoms with Gasteiger partial charge in [0.2, 0.25) is 6.08 Å². The fourth-order valence-electron chi connectivity index (χ4n) is 1.04. The van der Waals surface area contributed by atoms with Gasteiger partial charge in [-0.2, -0.15) is 8.78 Å². The van der Waals surface area contributed by atoms with Crippen molar-refractivity contribution in [3.63, 3.8) is 0 Å². The highest BCUT2D eigenvalue weighted by molar-refractivity contribution is 7.90. The summed E-state index contributed by atoms with van der Waals surface area (Å²) < 4.78 is 48.4. The highest BCUT2D eigenvalue weighted by Crippen LogP contribution is 2.30. The molecule has 0 aliphatic heterocycles. The van der Waals surface area contributed by atoms with Crippen LogP contribution in [0.1, 0.15) is 5.56 Å². The molecule has 1 rings (SSSR count). The minimum Gasteiger partial charge on any atom is -0.224 e. The quantitative estimate of drug-likeness (QED) is 0.461. The Balaban J connectivity index is 3.34. The zero-order valence-electron chi connectivity index (χ0n) is 8.15. The average molecular weight is 247 g/mol. The van der Waals surface area contributed by atoms with E-state index in [0.29, 0.717) is 0 Å². The molecule has 0 aliphatic carbocycles. The van der Waals surface area contributed by atoms with E-state index < -0.39 is 21.4 Å². The van der Waals surface area contributed by atoms with Crippen molar-refractivity contribution in [2.75, 3.05) is 6.26 Å². The summed E-state index contributed by atoms with van der Waals surface area (Å²) >= 11 is 0. The van der Waals surface area contributed by atoms with Crippen LogP contribution in [0.2, 0.25) is 0 Å². The van der Waals surface area contributed by atoms with Crippen molar-refractivity contribution in [1.29, 1.82) is 0 Å². The molecule has 0 aliphatic rings. The zero-order valence-corrected chi connectivity index (χ0v) is 8.96. The summed E-state index contributed by atoms with van der Waals surface area (Å²) in [5.74, 6) is 0. The second-order valence-corrected chi connectivity index (χ2v) is 5.06. The van der Waals surface area contributed by atoms with Gasteiger partial charge >= 0.3 is 6.05 Å². The predicted octanol–water partition coefficient (Wildman–Crippen LogP) is 1.48. The van der Waals surface area contributed by atoms with Gasteiger partial charge in [0.25, 0.3) is 0 Å². The van der Waals surface area contributed by atoms with Gasteiger partial charge in [-0.15, -0.1) is 4.99 Å². The smallest absolute Gasteiger partial charge is 0.224 e. The molecule has 0 N–H and O–H groups in total. The first-order chi connectivity index (χ1) is 7.27. The third kappa shape index (κ3) is 2.71. The number of nitrogens with zero attached hydrogens (tertiary/aromatic N) is 1. The summed E-state index contributed by atoms with van der Waals surface area (Å²) in [6.07, 6.45) is 1.64. The van der Waals surface area contributed by atoms with Gasteiger partial charge in [0.15, 0.2) is 9.84 Å². The molecule has 1 aromatic carbocycles. The van der Waals surface area contributed by atoms with Crippen molar-refractivity contribution in [1.82, 2.24) is 0 Å². The number of alkyl halides is 2. The first kappa shape index (κ1) is 12.5. The molecule has 0 unspecified atom stereocenters. The molecule has 4 nitrogen and oxygen atoms in total. The minimum absolute atomic E-state index is 0.259. The number of carbonyl (C=O) groups excluding carboxylic acids is 1. The first-order valence-electron chi connectivity index (χ1n) is 4.05. The molecular weight excluding hydrogens is 240 g/mol. The molecule has 0 heterocycles. The van der Waals surface area contributed by atoms with Crippen molar-refractivity contribution in [3.8, 4) is 0 Å². The molecule has 0 fully saturated rings. The van der Waals surface area contributed by atoms with Crippen LogP contribution in [0.3, 0.4) is 0 Å². The number of sulfone groups is 1. The monoisotopic (exact) mass is 247 g/mol. The maximum absolute atomic E-state index is 13.1. The molecule has 0 spiro atoms. The lowest BCUT2D eigenvalue weighted by Gasteiger charge is -2.09. The largest absolute Gasteiger partial charge is 0.379 e. The Hall–Kier alpha value is -1.59. The van der Waals surface area contributed by atoms with Crippen molar-refractivity contribution >= 4 is 15.9 Å². The molecule has 0 aromatic heterocycles. The molecule has 1 aromatic rings. The number of aliphatic imine (C=N–C) groups is 1. The number of isocyanates is 1. The van der Waals surface area contributed by atoms with Crippen molar-refractivity contribution in [2.45, 2.75) is 10.9 Å². The fourth-order valence-corrected chi connectivity index (χ4v) is 1.70. The van der Waals surface area contributed by atoms with Crippen LogP contribution in [-0.2, 0) is 20.7 Å². The van der Waals surface area contributed by atoms with E-state index in [1.54, 1.807) is 0 Å². The zero-order chi connectivity index (χ0) is 12.4. The van der Waals surface area contributed by atoms with Crippen LogP contribution in [-0.4, -0.2) is 20.8 Å². The van der Waals surface area contributed by atoms with E-state index in [-0.39, 0.29) is 4.90 Å². The number of hydrogen-bond acceptors (Lipinski definition) is 4. The van der Waals surface area contributed by atoms with E-state index in [1.807, 2.05) is 0 Å². The molecule has 0 radical (unpaired) electrons. The fraction of sp³-hybridized carbons (Fsp3) is 0.222. The summed E-state index contributed by atoms with van der Waals surface area (Å²) in [6.45, 7) is 0. The predicted molar refractivity (Wildman–Crippen MR) is 51.6 cm³/mol. The Bertz CT molecular complexity index is 548. The van der Waals surface area contributed by atoms with Crippen molar-refractivity contribution < 1.29 is 22.0 Å². The van der Waals surface area contributed by atoms with Crippen LogP contribution in [0.4, 0.5) is 8.78 Å². The molecule has 16 heavy (non-hydrogen) atoms. The summed E-state index contributed by atoms with van der Waals surface area (Å²) in [4.78, 5) is 11.8. The Morgan fingerprint density at radius 1 is 1.38 bits per heavy atom. The highest BCUT2D eigenvalue weighted by atomic mass is 32.2. The summed E-state index contributed by atoms with van der Waals surface area (Å²) in [5, 5.41) is 0. The highest BCUT2D eigenvalue weighted by Gasteiger charge is 2.31. The minimum atomic E-state index is -3.76. The molecule has 0 saturated heterocycles. The third-order valence-corrected chi connectivity index (χ3v) is 2.91. The van der Waals surface area contributed by atoms with Gasteiger partial charge in [-0.05, 0) is 12.1 Å². The summed E-state index contributed by atoms with van der Waals surface area (Å²) in [5.41, 5.74) is -0.668. The lowest BCUT2D eigenvalue weighted by Crippen LogP contribution is -2.10. The van der Waals surface area contributed by atoms with Crippen molar-refractivity contribution in [2.24, 2.45) is 4.99 Å². The maximum Gasteiger partial charge on any atom is 0.379 e. The molecule has 7 heteroatoms. The van der Waals surface area contributed by atoms with Crippen LogP contribution < -0.4 is 0 Å². The van der Waals surface area contributed by atoms with Crippen LogP contribution in [0.15, 0.2) is 34.2 Å². The molecule has 0 atom stereocenters. The number of hydrogen-bond donors (Lipinski definition) is 0. The van der Waals surface area contributed by atoms with Gasteiger partial charge in [-0.25, -0.2) is 13.2 Å². The summed E-state index contributed by atoms with van der Waals surface area (Å²) in [6, 6.07) is 0.327. The second-order valence-electron chi connectivity index (χ2n) is 3.04. The third-order valence-electron chi connectivity index (χ3n) is 1.80. The van der Waals surface area contributed by atoms with Gasteiger partial charge in [0.05, 0.1) is 4.90 Å². The maximum atomic E-state index is 13.1. The van der Waals surface area contributed by atoms with Gasteiger partial charge in [-0.1, -0.05) is 12.1 Å². The SMILES string of the molecule is CS(=O)(=O)c1cccc(C(F)(F)N=C=O)c1. The normalized spacial score (nSPS) is 11.9. The Labute approximate surface area is 90.5 Å². The number of benzene rings is 1. The molecule has 0 saturated carbocycles. The Morgan fingerprint density at radius 2 is 2.00 bits per heavy atom. The van der Waals surface area contributed by atoms with Gasteiger partial charge in [0.1, 0.15) is 0 Å². The lowest BCUT2D eigenvalue weighted by atomic mass is 10.2. The first-order valence-corrected chi connectivity index (χ1v) is 5.94. The summed E-state index contributed by atoms with van der Waals surface area (Å²) in [7, 11) is -3.57. The molecule has 0 amide bonds. The lowest BCUT2D eigenvalue weighted by molar-refractivity contribution is 0.00596. The van der Waals surface area contributed by atoms with E-state index in [1.165, 1.54) is 6.07 Å².